The second-order valence-corrected chi connectivity index (χ2v) is 7.85. The van der Waals surface area contributed by atoms with Crippen molar-refractivity contribution < 1.29 is 4.79 Å². The van der Waals surface area contributed by atoms with E-state index in [1.54, 1.807) is 0 Å². The molecule has 3 heteroatoms. The van der Waals surface area contributed by atoms with E-state index in [1.807, 2.05) is 24.1 Å². The van der Waals surface area contributed by atoms with Gasteiger partial charge in [0.05, 0.1) is 0 Å². The molecule has 2 aromatic carbocycles. The first-order valence-corrected chi connectivity index (χ1v) is 9.13. The molecule has 1 saturated heterocycles. The molecule has 0 spiro atoms. The number of hydrogen-bond acceptors (Lipinski definition) is 2. The number of carbonyl (C=O) groups excluding carboxylic acids is 1. The Morgan fingerprint density at radius 2 is 1.96 bits per heavy atom. The van der Waals surface area contributed by atoms with Crippen LogP contribution in [-0.2, 0) is 16.6 Å². The molecular weight excluding hydrogens is 314 g/mol. The molecule has 0 N–H and O–H groups in total. The number of thiol groups is 1. The van der Waals surface area contributed by atoms with Crippen LogP contribution in [0.25, 0.3) is 11.1 Å². The van der Waals surface area contributed by atoms with Gasteiger partial charge in [0, 0.05) is 29.8 Å². The summed E-state index contributed by atoms with van der Waals surface area (Å²) >= 11 is 4.60. The van der Waals surface area contributed by atoms with Gasteiger partial charge >= 0.3 is 0 Å². The summed E-state index contributed by atoms with van der Waals surface area (Å²) in [4.78, 5) is 15.1. The van der Waals surface area contributed by atoms with E-state index in [0.717, 1.165) is 24.2 Å². The molecule has 4 rings (SSSR count). The summed E-state index contributed by atoms with van der Waals surface area (Å²) < 4.78 is 0. The van der Waals surface area contributed by atoms with Crippen molar-refractivity contribution in [2.24, 2.45) is 0 Å². The van der Waals surface area contributed by atoms with Gasteiger partial charge in [-0.15, -0.1) is 12.6 Å². The predicted octanol–water partition coefficient (Wildman–Crippen LogP) is 4.47. The summed E-state index contributed by atoms with van der Waals surface area (Å²) in [5, 5.41) is 0. The fourth-order valence-electron chi connectivity index (χ4n) is 4.67. The number of piperidine rings is 1. The Kier molecular flexibility index (Phi) is 3.72. The average molecular weight is 337 g/mol. The lowest BCUT2D eigenvalue weighted by Gasteiger charge is -2.50. The van der Waals surface area contributed by atoms with Crippen LogP contribution in [0.5, 0.6) is 0 Å². The maximum absolute atomic E-state index is 12.1. The van der Waals surface area contributed by atoms with Crippen molar-refractivity contribution in [3.05, 3.63) is 53.6 Å². The van der Waals surface area contributed by atoms with Crippen molar-refractivity contribution in [1.29, 1.82) is 0 Å². The summed E-state index contributed by atoms with van der Waals surface area (Å²) in [6.07, 6.45) is 3.70. The van der Waals surface area contributed by atoms with Crippen LogP contribution < -0.4 is 0 Å². The van der Waals surface area contributed by atoms with Crippen molar-refractivity contribution in [2.75, 3.05) is 7.05 Å². The fraction of sp³-hybridized carbons (Fsp3) is 0.381. The van der Waals surface area contributed by atoms with Gasteiger partial charge in [-0.2, -0.15) is 0 Å². The third-order valence-corrected chi connectivity index (χ3v) is 6.47. The third kappa shape index (κ3) is 2.29. The molecule has 1 aliphatic heterocycles. The number of carbonyl (C=O) groups is 1. The molecule has 0 bridgehead atoms. The summed E-state index contributed by atoms with van der Waals surface area (Å²) in [5.74, 6) is 0.293. The maximum Gasteiger partial charge on any atom is 0.222 e. The van der Waals surface area contributed by atoms with Crippen LogP contribution in [0.2, 0.25) is 0 Å². The molecule has 2 atom stereocenters. The topological polar surface area (TPSA) is 20.3 Å². The molecule has 124 valence electrons. The first-order valence-electron chi connectivity index (χ1n) is 8.68. The largest absolute Gasteiger partial charge is 0.342 e. The van der Waals surface area contributed by atoms with E-state index >= 15 is 0 Å². The number of nitrogens with zero attached hydrogens (tertiary/aromatic N) is 1. The minimum Gasteiger partial charge on any atom is -0.342 e. The molecule has 1 amide bonds. The van der Waals surface area contributed by atoms with Gasteiger partial charge in [0.2, 0.25) is 5.91 Å². The van der Waals surface area contributed by atoms with Gasteiger partial charge in [-0.25, -0.2) is 0 Å². The molecule has 1 heterocycles. The van der Waals surface area contributed by atoms with Crippen molar-refractivity contribution in [3.8, 4) is 11.1 Å². The van der Waals surface area contributed by atoms with Crippen molar-refractivity contribution in [1.82, 2.24) is 4.90 Å². The van der Waals surface area contributed by atoms with Gasteiger partial charge in [-0.05, 0) is 47.6 Å². The van der Waals surface area contributed by atoms with Crippen LogP contribution in [0.1, 0.15) is 37.3 Å². The minimum absolute atomic E-state index is 0.0786. The van der Waals surface area contributed by atoms with Gasteiger partial charge in [0.1, 0.15) is 0 Å². The second-order valence-electron chi connectivity index (χ2n) is 7.37. The van der Waals surface area contributed by atoms with Gasteiger partial charge in [0.15, 0.2) is 0 Å². The molecule has 0 saturated carbocycles. The normalized spacial score (nSPS) is 26.0. The van der Waals surface area contributed by atoms with Crippen LogP contribution >= 0.6 is 12.6 Å². The zero-order valence-electron chi connectivity index (χ0n) is 14.2. The Labute approximate surface area is 149 Å². The Bertz CT molecular complexity index is 815. The summed E-state index contributed by atoms with van der Waals surface area (Å²) in [7, 11) is 1.97. The zero-order valence-corrected chi connectivity index (χ0v) is 15.1. The van der Waals surface area contributed by atoms with E-state index in [9.17, 15) is 4.79 Å². The third-order valence-electron chi connectivity index (χ3n) is 6.08. The van der Waals surface area contributed by atoms with Crippen LogP contribution in [0.3, 0.4) is 0 Å². The molecule has 2 nitrogen and oxygen atoms in total. The monoisotopic (exact) mass is 337 g/mol. The Morgan fingerprint density at radius 1 is 1.17 bits per heavy atom. The van der Waals surface area contributed by atoms with Crippen molar-refractivity contribution in [3.63, 3.8) is 0 Å². The standard InChI is InChI=1S/C21H23NOS/c1-21-12-11-20(23)22(2)19(21)10-8-15-13-14(7-9-17(15)21)16-5-3-4-6-18(16)24/h3-7,9,13,19,24H,8,10-12H2,1-2H3/t19-,21-/m1/s1. The number of benzene rings is 2. The molecule has 24 heavy (non-hydrogen) atoms. The molecule has 2 aromatic rings. The Hall–Kier alpha value is -1.74. The lowest BCUT2D eigenvalue weighted by molar-refractivity contribution is -0.138. The summed E-state index contributed by atoms with van der Waals surface area (Å²) in [5.41, 5.74) is 5.37. The van der Waals surface area contributed by atoms with Gasteiger partial charge in [-0.1, -0.05) is 43.3 Å². The number of likely N-dealkylation sites (N-methyl/N-ethyl adjacent to an activating group) is 1. The van der Waals surface area contributed by atoms with Crippen molar-refractivity contribution in [2.45, 2.75) is 49.0 Å². The molecule has 0 radical (unpaired) electrons. The second kappa shape index (κ2) is 5.66. The van der Waals surface area contributed by atoms with E-state index in [4.69, 9.17) is 0 Å². The number of hydrogen-bond donors (Lipinski definition) is 1. The lowest BCUT2D eigenvalue weighted by Crippen LogP contribution is -2.56. The van der Waals surface area contributed by atoms with Crippen LogP contribution in [0.4, 0.5) is 0 Å². The van der Waals surface area contributed by atoms with E-state index in [1.165, 1.54) is 22.3 Å². The number of aryl methyl sites for hydroxylation is 1. The van der Waals surface area contributed by atoms with E-state index in [0.29, 0.717) is 18.4 Å². The minimum atomic E-state index is 0.0786. The quantitative estimate of drug-likeness (QED) is 0.762. The summed E-state index contributed by atoms with van der Waals surface area (Å²) in [6.45, 7) is 2.34. The highest BCUT2D eigenvalue weighted by Gasteiger charge is 2.46. The molecule has 2 aliphatic rings. The predicted molar refractivity (Wildman–Crippen MR) is 101 cm³/mol. The number of fused-ring (bicyclic) bond motifs is 3. The highest BCUT2D eigenvalue weighted by Crippen LogP contribution is 2.46. The molecule has 1 fully saturated rings. The average Bonchev–Trinajstić information content (AvgIpc) is 2.59. The lowest BCUT2D eigenvalue weighted by atomic mass is 9.63. The first-order chi connectivity index (χ1) is 11.5. The Balaban J connectivity index is 1.78. The number of amides is 1. The molecular formula is C21H23NOS. The number of likely N-dealkylation sites (tertiary alicyclic amines) is 1. The van der Waals surface area contributed by atoms with Crippen LogP contribution in [0, 0.1) is 0 Å². The van der Waals surface area contributed by atoms with Crippen molar-refractivity contribution >= 4 is 18.5 Å². The smallest absolute Gasteiger partial charge is 0.222 e. The highest BCUT2D eigenvalue weighted by atomic mass is 32.1. The van der Waals surface area contributed by atoms with Gasteiger partial charge in [0.25, 0.3) is 0 Å². The first kappa shape index (κ1) is 15.8. The maximum atomic E-state index is 12.1. The summed E-state index contributed by atoms with van der Waals surface area (Å²) in [6, 6.07) is 15.4. The van der Waals surface area contributed by atoms with E-state index in [2.05, 4.69) is 49.9 Å². The van der Waals surface area contributed by atoms with E-state index in [-0.39, 0.29) is 5.41 Å². The zero-order chi connectivity index (χ0) is 16.9. The van der Waals surface area contributed by atoms with Crippen LogP contribution in [0.15, 0.2) is 47.4 Å². The van der Waals surface area contributed by atoms with Crippen LogP contribution in [-0.4, -0.2) is 23.9 Å². The highest BCUT2D eigenvalue weighted by molar-refractivity contribution is 7.80. The SMILES string of the molecule is CN1C(=O)CC[C@]2(C)c3ccc(-c4ccccc4S)cc3CC[C@@H]12. The van der Waals surface area contributed by atoms with Gasteiger partial charge < -0.3 is 4.90 Å². The van der Waals surface area contributed by atoms with E-state index < -0.39 is 0 Å². The number of rotatable bonds is 1. The molecule has 0 unspecified atom stereocenters. The fourth-order valence-corrected chi connectivity index (χ4v) is 4.96. The Morgan fingerprint density at radius 3 is 2.75 bits per heavy atom. The molecule has 0 aromatic heterocycles. The molecule has 1 aliphatic carbocycles. The van der Waals surface area contributed by atoms with Gasteiger partial charge in [-0.3, -0.25) is 4.79 Å².